The number of quaternary nitrogens is 2. The minimum atomic E-state index is 0. The van der Waals surface area contributed by atoms with Crippen molar-refractivity contribution in [2.75, 3.05) is 52.5 Å². The van der Waals surface area contributed by atoms with Crippen molar-refractivity contribution in [3.63, 3.8) is 0 Å². The van der Waals surface area contributed by atoms with Crippen LogP contribution in [0.25, 0.3) is 0 Å². The summed E-state index contributed by atoms with van der Waals surface area (Å²) < 4.78 is 14.5. The lowest BCUT2D eigenvalue weighted by molar-refractivity contribution is -1.04. The Balaban J connectivity index is 0.00000353. The highest BCUT2D eigenvalue weighted by Crippen LogP contribution is 2.26. The topological polar surface area (TPSA) is 18.5 Å². The average Bonchev–Trinajstić information content (AvgIpc) is 2.97. The molecule has 1 fully saturated rings. The Morgan fingerprint density at radius 2 is 0.744 bits per heavy atom. The predicted octanol–water partition coefficient (Wildman–Crippen LogP) is 3.20. The van der Waals surface area contributed by atoms with Gasteiger partial charge in [-0.05, 0) is 24.3 Å². The monoisotopic (exact) mass is 587 g/mol. The molecule has 0 amide bonds. The van der Waals surface area contributed by atoms with Gasteiger partial charge in [0.05, 0.1) is 0 Å². The second-order valence-electron chi connectivity index (χ2n) is 10.6. The van der Waals surface area contributed by atoms with E-state index in [1.807, 2.05) is 60.7 Å². The maximum Gasteiger partial charge on any atom is 0.137 e. The normalized spacial score (nSPS) is 20.5. The van der Waals surface area contributed by atoms with Gasteiger partial charge in [0.25, 0.3) is 0 Å². The van der Waals surface area contributed by atoms with E-state index in [-0.39, 0.29) is 17.0 Å². The summed E-state index contributed by atoms with van der Waals surface area (Å²) in [7, 11) is 0. The molecule has 0 atom stereocenters. The third kappa shape index (κ3) is 8.43. The SMILES string of the molecule is [Br-].c1ccc(C[N+]2(CCOc3ccccc3)CC[N+](CCOc3ccccc3)(Cc3ccccc3)CC2)cc1. The number of benzene rings is 4. The molecule has 5 rings (SSSR count). The van der Waals surface area contributed by atoms with Crippen molar-refractivity contribution < 1.29 is 35.4 Å². The lowest BCUT2D eigenvalue weighted by Gasteiger charge is -2.50. The highest BCUT2D eigenvalue weighted by molar-refractivity contribution is 5.21. The van der Waals surface area contributed by atoms with Crippen LogP contribution in [0.3, 0.4) is 0 Å². The summed E-state index contributed by atoms with van der Waals surface area (Å²) in [4.78, 5) is 0. The van der Waals surface area contributed by atoms with Crippen LogP contribution in [0.2, 0.25) is 0 Å². The molecule has 1 aliphatic heterocycles. The molecule has 1 saturated heterocycles. The number of ether oxygens (including phenoxy) is 2. The van der Waals surface area contributed by atoms with Crippen molar-refractivity contribution in [2.24, 2.45) is 0 Å². The molecule has 0 saturated carbocycles. The van der Waals surface area contributed by atoms with E-state index < -0.39 is 0 Å². The summed E-state index contributed by atoms with van der Waals surface area (Å²) in [5.41, 5.74) is 2.81. The highest BCUT2D eigenvalue weighted by Gasteiger charge is 2.42. The Labute approximate surface area is 244 Å². The number of hydrogen-bond donors (Lipinski definition) is 0. The van der Waals surface area contributed by atoms with Crippen LogP contribution in [0, 0.1) is 0 Å². The molecule has 0 aliphatic carbocycles. The molecular formula is C34H40BrN2O2+. The maximum absolute atomic E-state index is 6.19. The zero-order valence-corrected chi connectivity index (χ0v) is 24.3. The van der Waals surface area contributed by atoms with Crippen LogP contribution in [0.15, 0.2) is 121 Å². The van der Waals surface area contributed by atoms with E-state index >= 15 is 0 Å². The Hall–Kier alpha value is -3.12. The van der Waals surface area contributed by atoms with Gasteiger partial charge in [0.1, 0.15) is 77.1 Å². The first-order chi connectivity index (χ1) is 18.7. The molecular weight excluding hydrogens is 548 g/mol. The summed E-state index contributed by atoms with van der Waals surface area (Å²) in [6.07, 6.45) is 0. The van der Waals surface area contributed by atoms with Gasteiger partial charge in [-0.2, -0.15) is 0 Å². The summed E-state index contributed by atoms with van der Waals surface area (Å²) in [6.45, 7) is 10.1. The minimum Gasteiger partial charge on any atom is -1.00 e. The standard InChI is InChI=1S/C34H40N2O2.BrH/c1-5-13-31(14-6-1)29-35(25-27-37-33-17-9-3-10-18-33)21-23-36(24-22-35,30-32-15-7-2-8-16-32)26-28-38-34-19-11-4-12-20-34;/h1-20H,21-30H2;1H/q+2;/p-1. The maximum atomic E-state index is 6.19. The van der Waals surface area contributed by atoms with Crippen LogP contribution in [0.1, 0.15) is 11.1 Å². The third-order valence-corrected chi connectivity index (χ3v) is 7.97. The van der Waals surface area contributed by atoms with E-state index in [1.54, 1.807) is 0 Å². The molecule has 0 unspecified atom stereocenters. The van der Waals surface area contributed by atoms with Crippen molar-refractivity contribution in [2.45, 2.75) is 13.1 Å². The van der Waals surface area contributed by atoms with Crippen molar-refractivity contribution >= 4 is 0 Å². The number of hydrogen-bond acceptors (Lipinski definition) is 2. The van der Waals surface area contributed by atoms with E-state index in [2.05, 4.69) is 60.7 Å². The van der Waals surface area contributed by atoms with E-state index in [1.165, 1.54) is 11.1 Å². The number of nitrogens with zero attached hydrogens (tertiary/aromatic N) is 2. The quantitative estimate of drug-likeness (QED) is 0.237. The molecule has 1 heterocycles. The lowest BCUT2D eigenvalue weighted by Crippen LogP contribution is -3.00. The van der Waals surface area contributed by atoms with Gasteiger partial charge in [0.2, 0.25) is 0 Å². The fraction of sp³-hybridized carbons (Fsp3) is 0.294. The number of para-hydroxylation sites is 2. The number of piperazine rings is 1. The predicted molar refractivity (Wildman–Crippen MR) is 154 cm³/mol. The minimum absolute atomic E-state index is 0. The summed E-state index contributed by atoms with van der Waals surface area (Å²) in [5.74, 6) is 1.91. The molecule has 4 aromatic rings. The highest BCUT2D eigenvalue weighted by atomic mass is 79.9. The van der Waals surface area contributed by atoms with Gasteiger partial charge in [0, 0.05) is 11.1 Å². The first-order valence-corrected chi connectivity index (χ1v) is 13.9. The van der Waals surface area contributed by atoms with Crippen LogP contribution in [-0.4, -0.2) is 61.4 Å². The van der Waals surface area contributed by atoms with E-state index in [4.69, 9.17) is 9.47 Å². The van der Waals surface area contributed by atoms with Gasteiger partial charge in [-0.25, -0.2) is 0 Å². The zero-order chi connectivity index (χ0) is 25.9. The lowest BCUT2D eigenvalue weighted by atomic mass is 10.1. The van der Waals surface area contributed by atoms with Crippen LogP contribution in [0.4, 0.5) is 0 Å². The molecule has 204 valence electrons. The zero-order valence-electron chi connectivity index (χ0n) is 22.7. The Bertz CT molecular complexity index is 1120. The second-order valence-corrected chi connectivity index (χ2v) is 10.6. The van der Waals surface area contributed by atoms with E-state index in [9.17, 15) is 0 Å². The Morgan fingerprint density at radius 3 is 1.08 bits per heavy atom. The van der Waals surface area contributed by atoms with Gasteiger partial charge < -0.3 is 35.4 Å². The molecule has 4 aromatic carbocycles. The number of rotatable bonds is 12. The summed E-state index contributed by atoms with van der Waals surface area (Å²) in [5, 5.41) is 0. The fourth-order valence-electron chi connectivity index (χ4n) is 5.68. The summed E-state index contributed by atoms with van der Waals surface area (Å²) in [6, 6.07) is 42.4. The van der Waals surface area contributed by atoms with Gasteiger partial charge >= 0.3 is 0 Å². The number of halogens is 1. The molecule has 0 N–H and O–H groups in total. The Morgan fingerprint density at radius 1 is 0.436 bits per heavy atom. The molecule has 0 aromatic heterocycles. The first-order valence-electron chi connectivity index (χ1n) is 13.9. The average molecular weight is 589 g/mol. The van der Waals surface area contributed by atoms with Gasteiger partial charge in [0.15, 0.2) is 0 Å². The fourth-order valence-corrected chi connectivity index (χ4v) is 5.68. The van der Waals surface area contributed by atoms with Crippen molar-refractivity contribution in [1.29, 1.82) is 0 Å². The second kappa shape index (κ2) is 14.3. The van der Waals surface area contributed by atoms with Gasteiger partial charge in [-0.3, -0.25) is 0 Å². The summed E-state index contributed by atoms with van der Waals surface area (Å²) >= 11 is 0. The largest absolute Gasteiger partial charge is 1.00 e. The Kier molecular flexibility index (Phi) is 10.6. The van der Waals surface area contributed by atoms with Gasteiger partial charge in [-0.1, -0.05) is 97.1 Å². The molecule has 0 bridgehead atoms. The molecule has 1 aliphatic rings. The molecule has 0 spiro atoms. The smallest absolute Gasteiger partial charge is 0.137 e. The van der Waals surface area contributed by atoms with E-state index in [0.29, 0.717) is 0 Å². The molecule has 39 heavy (non-hydrogen) atoms. The molecule has 5 heteroatoms. The first kappa shape index (κ1) is 28.9. The third-order valence-electron chi connectivity index (χ3n) is 7.97. The van der Waals surface area contributed by atoms with Crippen LogP contribution < -0.4 is 26.5 Å². The van der Waals surface area contributed by atoms with Crippen molar-refractivity contribution in [3.8, 4) is 11.5 Å². The van der Waals surface area contributed by atoms with E-state index in [0.717, 1.165) is 86.0 Å². The molecule has 0 radical (unpaired) electrons. The van der Waals surface area contributed by atoms with Crippen molar-refractivity contribution in [3.05, 3.63) is 132 Å². The van der Waals surface area contributed by atoms with Crippen molar-refractivity contribution in [1.82, 2.24) is 0 Å². The van der Waals surface area contributed by atoms with Crippen LogP contribution >= 0.6 is 0 Å². The van der Waals surface area contributed by atoms with Gasteiger partial charge in [-0.15, -0.1) is 0 Å². The molecule has 4 nitrogen and oxygen atoms in total. The van der Waals surface area contributed by atoms with Crippen LogP contribution in [-0.2, 0) is 13.1 Å². The van der Waals surface area contributed by atoms with Crippen LogP contribution in [0.5, 0.6) is 11.5 Å².